The van der Waals surface area contributed by atoms with Crippen LogP contribution in [0.25, 0.3) is 22.1 Å². The average molecular weight is 467 g/mol. The molecule has 0 aliphatic rings. The van der Waals surface area contributed by atoms with E-state index in [1.807, 2.05) is 24.3 Å². The van der Waals surface area contributed by atoms with E-state index in [-0.39, 0.29) is 17.7 Å². The van der Waals surface area contributed by atoms with Crippen LogP contribution in [-0.4, -0.2) is 16.5 Å². The van der Waals surface area contributed by atoms with Gasteiger partial charge in [-0.3, -0.25) is 4.79 Å². The van der Waals surface area contributed by atoms with Gasteiger partial charge in [0, 0.05) is 5.56 Å². The van der Waals surface area contributed by atoms with E-state index in [1.165, 1.54) is 24.5 Å². The lowest BCUT2D eigenvalue weighted by atomic mass is 10.2. The number of ether oxygens (including phenoxy) is 2. The van der Waals surface area contributed by atoms with Gasteiger partial charge in [-0.25, -0.2) is 13.8 Å². The third kappa shape index (κ3) is 3.59. The van der Waals surface area contributed by atoms with Crippen molar-refractivity contribution in [2.24, 2.45) is 0 Å². The van der Waals surface area contributed by atoms with Crippen molar-refractivity contribution in [1.29, 1.82) is 0 Å². The molecule has 0 aliphatic heterocycles. The van der Waals surface area contributed by atoms with E-state index in [4.69, 9.17) is 21.1 Å². The molecule has 0 unspecified atom stereocenters. The minimum Gasteiger partial charge on any atom is -0.493 e. The minimum absolute atomic E-state index is 0.0369. The first-order chi connectivity index (χ1) is 15.5. The van der Waals surface area contributed by atoms with Crippen LogP contribution in [0.4, 0.5) is 4.39 Å². The maximum Gasteiger partial charge on any atom is 0.274 e. The van der Waals surface area contributed by atoms with Crippen LogP contribution in [0.3, 0.4) is 0 Å². The summed E-state index contributed by atoms with van der Waals surface area (Å²) in [5, 5.41) is 0.298. The molecule has 0 atom stereocenters. The predicted molar refractivity (Wildman–Crippen MR) is 124 cm³/mol. The molecule has 2 aromatic heterocycles. The fraction of sp³-hybridized carbons (Fsp3) is 0.0833. The van der Waals surface area contributed by atoms with E-state index < -0.39 is 5.82 Å². The number of halogens is 2. The van der Waals surface area contributed by atoms with Crippen LogP contribution in [0.15, 0.2) is 65.5 Å². The van der Waals surface area contributed by atoms with Crippen molar-refractivity contribution in [2.75, 3.05) is 7.11 Å². The van der Waals surface area contributed by atoms with E-state index in [0.717, 1.165) is 16.6 Å². The quantitative estimate of drug-likeness (QED) is 0.372. The Balaban J connectivity index is 1.48. The molecular formula is C24H16ClFN2O3S. The third-order valence-corrected chi connectivity index (χ3v) is 6.39. The van der Waals surface area contributed by atoms with Crippen LogP contribution in [0, 0.1) is 5.82 Å². The Morgan fingerprint density at radius 1 is 1.12 bits per heavy atom. The maximum absolute atomic E-state index is 14.0. The Bertz CT molecular complexity index is 1560. The molecule has 160 valence electrons. The second-order valence-corrected chi connectivity index (χ2v) is 8.45. The van der Waals surface area contributed by atoms with Crippen LogP contribution in [-0.2, 0) is 6.61 Å². The van der Waals surface area contributed by atoms with E-state index in [2.05, 4.69) is 4.98 Å². The number of thiazole rings is 1. The third-order valence-electron chi connectivity index (χ3n) is 5.06. The highest BCUT2D eigenvalue weighted by molar-refractivity contribution is 7.15. The Morgan fingerprint density at radius 3 is 2.78 bits per heavy atom. The fourth-order valence-corrected chi connectivity index (χ4v) is 4.68. The Hall–Kier alpha value is -3.42. The summed E-state index contributed by atoms with van der Waals surface area (Å²) in [6.07, 6.45) is 1.79. The zero-order valence-electron chi connectivity index (χ0n) is 16.8. The molecule has 32 heavy (non-hydrogen) atoms. The van der Waals surface area contributed by atoms with Crippen molar-refractivity contribution in [3.63, 3.8) is 0 Å². The van der Waals surface area contributed by atoms with Gasteiger partial charge in [-0.1, -0.05) is 47.2 Å². The monoisotopic (exact) mass is 466 g/mol. The SMILES string of the molecule is COc1cc(C=c2sc3nc4ccccc4n3c2=O)ccc1OCc1c(F)cccc1Cl. The summed E-state index contributed by atoms with van der Waals surface area (Å²) < 4.78 is 27.4. The molecule has 5 nitrogen and oxygen atoms in total. The zero-order chi connectivity index (χ0) is 22.2. The standard InChI is InChI=1S/C24H16ClFN2O3S/c1-30-21-11-14(9-10-20(21)31-13-15-16(25)5-4-6-17(15)26)12-22-23(29)28-19-8-3-2-7-18(19)27-24(28)32-22/h2-12H,13H2,1H3. The molecule has 0 N–H and O–H groups in total. The number of para-hydroxylation sites is 2. The number of benzene rings is 3. The summed E-state index contributed by atoms with van der Waals surface area (Å²) in [6.45, 7) is -0.0369. The highest BCUT2D eigenvalue weighted by atomic mass is 35.5. The van der Waals surface area contributed by atoms with Gasteiger partial charge in [0.2, 0.25) is 0 Å². The summed E-state index contributed by atoms with van der Waals surface area (Å²) in [5.41, 5.74) is 2.50. The molecule has 0 saturated heterocycles. The lowest BCUT2D eigenvalue weighted by Gasteiger charge is -2.12. The van der Waals surface area contributed by atoms with Crippen LogP contribution in [0.2, 0.25) is 5.02 Å². The Labute approximate surface area is 190 Å². The molecule has 0 bridgehead atoms. The zero-order valence-corrected chi connectivity index (χ0v) is 18.4. The van der Waals surface area contributed by atoms with Gasteiger partial charge < -0.3 is 9.47 Å². The Kier molecular flexibility index (Phi) is 5.28. The number of imidazole rings is 1. The first-order valence-electron chi connectivity index (χ1n) is 9.70. The molecule has 5 rings (SSSR count). The van der Waals surface area contributed by atoms with Gasteiger partial charge in [0.05, 0.1) is 27.7 Å². The molecule has 0 saturated carbocycles. The number of fused-ring (bicyclic) bond motifs is 3. The summed E-state index contributed by atoms with van der Waals surface area (Å²) in [4.78, 5) is 18.1. The summed E-state index contributed by atoms with van der Waals surface area (Å²) in [7, 11) is 1.52. The van der Waals surface area contributed by atoms with Crippen LogP contribution in [0.5, 0.6) is 11.5 Å². The highest BCUT2D eigenvalue weighted by Crippen LogP contribution is 2.30. The summed E-state index contributed by atoms with van der Waals surface area (Å²) >= 11 is 7.40. The van der Waals surface area contributed by atoms with Crippen molar-refractivity contribution in [3.8, 4) is 11.5 Å². The van der Waals surface area contributed by atoms with Crippen molar-refractivity contribution < 1.29 is 13.9 Å². The molecule has 0 aliphatic carbocycles. The molecule has 5 aromatic rings. The highest BCUT2D eigenvalue weighted by Gasteiger charge is 2.12. The molecule has 0 fully saturated rings. The van der Waals surface area contributed by atoms with Gasteiger partial charge in [-0.2, -0.15) is 0 Å². The van der Waals surface area contributed by atoms with E-state index in [9.17, 15) is 9.18 Å². The largest absolute Gasteiger partial charge is 0.493 e. The van der Waals surface area contributed by atoms with Crippen molar-refractivity contribution in [3.05, 3.63) is 97.5 Å². The van der Waals surface area contributed by atoms with E-state index in [0.29, 0.717) is 26.0 Å². The van der Waals surface area contributed by atoms with Crippen molar-refractivity contribution >= 4 is 45.0 Å². The summed E-state index contributed by atoms with van der Waals surface area (Å²) in [5.74, 6) is 0.475. The Morgan fingerprint density at radius 2 is 1.97 bits per heavy atom. The molecule has 0 spiro atoms. The molecule has 0 amide bonds. The molecular weight excluding hydrogens is 451 g/mol. The van der Waals surface area contributed by atoms with Gasteiger partial charge in [-0.15, -0.1) is 0 Å². The predicted octanol–water partition coefficient (Wildman–Crippen LogP) is 4.84. The van der Waals surface area contributed by atoms with E-state index >= 15 is 0 Å². The second-order valence-electron chi connectivity index (χ2n) is 7.03. The first-order valence-corrected chi connectivity index (χ1v) is 10.9. The van der Waals surface area contributed by atoms with Crippen LogP contribution in [0.1, 0.15) is 11.1 Å². The van der Waals surface area contributed by atoms with Crippen LogP contribution >= 0.6 is 22.9 Å². The number of hydrogen-bond donors (Lipinski definition) is 0. The van der Waals surface area contributed by atoms with Gasteiger partial charge in [0.1, 0.15) is 12.4 Å². The number of hydrogen-bond acceptors (Lipinski definition) is 5. The molecule has 2 heterocycles. The second kappa shape index (κ2) is 8.26. The fourth-order valence-electron chi connectivity index (χ4n) is 3.48. The van der Waals surface area contributed by atoms with Crippen molar-refractivity contribution in [1.82, 2.24) is 9.38 Å². The van der Waals surface area contributed by atoms with Gasteiger partial charge in [-0.05, 0) is 48.0 Å². The summed E-state index contributed by atoms with van der Waals surface area (Å²) in [6, 6.07) is 17.3. The van der Waals surface area contributed by atoms with Crippen LogP contribution < -0.4 is 19.6 Å². The number of methoxy groups -OCH3 is 1. The lowest BCUT2D eigenvalue weighted by molar-refractivity contribution is 0.280. The number of aromatic nitrogens is 2. The van der Waals surface area contributed by atoms with Gasteiger partial charge >= 0.3 is 0 Å². The molecule has 0 radical (unpaired) electrons. The van der Waals surface area contributed by atoms with Crippen molar-refractivity contribution in [2.45, 2.75) is 6.61 Å². The number of rotatable bonds is 5. The smallest absolute Gasteiger partial charge is 0.274 e. The molecule has 8 heteroatoms. The topological polar surface area (TPSA) is 52.8 Å². The normalized spacial score (nSPS) is 12.0. The van der Waals surface area contributed by atoms with E-state index in [1.54, 1.807) is 40.8 Å². The lowest BCUT2D eigenvalue weighted by Crippen LogP contribution is -2.22. The average Bonchev–Trinajstić information content (AvgIpc) is 3.30. The maximum atomic E-state index is 14.0. The number of nitrogens with zero attached hydrogens (tertiary/aromatic N) is 2. The minimum atomic E-state index is -0.431. The first kappa shape index (κ1) is 20.5. The molecule has 3 aromatic carbocycles. The van der Waals surface area contributed by atoms with Gasteiger partial charge in [0.15, 0.2) is 16.5 Å². The van der Waals surface area contributed by atoms with Gasteiger partial charge in [0.25, 0.3) is 5.56 Å².